The molecule has 0 aliphatic heterocycles. The lowest BCUT2D eigenvalue weighted by Crippen LogP contribution is -2.14. The van der Waals surface area contributed by atoms with Crippen molar-refractivity contribution in [1.82, 2.24) is 20.0 Å². The van der Waals surface area contributed by atoms with Crippen LogP contribution in [0.2, 0.25) is 0 Å². The third kappa shape index (κ3) is 3.00. The van der Waals surface area contributed by atoms with Gasteiger partial charge in [-0.2, -0.15) is 5.26 Å². The van der Waals surface area contributed by atoms with E-state index in [9.17, 15) is 9.18 Å². The van der Waals surface area contributed by atoms with Crippen molar-refractivity contribution in [3.05, 3.63) is 40.1 Å². The fourth-order valence-corrected chi connectivity index (χ4v) is 2.07. The van der Waals surface area contributed by atoms with Gasteiger partial charge in [0, 0.05) is 6.54 Å². The van der Waals surface area contributed by atoms with Crippen molar-refractivity contribution in [3.63, 3.8) is 0 Å². The van der Waals surface area contributed by atoms with Gasteiger partial charge < -0.3 is 5.32 Å². The summed E-state index contributed by atoms with van der Waals surface area (Å²) < 4.78 is 23.9. The first-order valence-corrected chi connectivity index (χ1v) is 6.93. The Bertz CT molecular complexity index is 1010. The first-order chi connectivity index (χ1) is 12.2. The Kier molecular flexibility index (Phi) is 4.34. The second kappa shape index (κ2) is 6.75. The summed E-state index contributed by atoms with van der Waals surface area (Å²) in [5, 5.41) is 22.9. The van der Waals surface area contributed by atoms with Crippen LogP contribution in [0.15, 0.2) is 37.1 Å². The average Bonchev–Trinajstić information content (AvgIpc) is 3.22. The topological polar surface area (TPSA) is 135 Å². The van der Waals surface area contributed by atoms with E-state index >= 15 is 0 Å². The van der Waals surface area contributed by atoms with E-state index in [4.69, 9.17) is 5.26 Å². The van der Waals surface area contributed by atoms with Crippen molar-refractivity contribution in [2.45, 2.75) is 0 Å². The Morgan fingerprint density at radius 1 is 1.40 bits per heavy atom. The van der Waals surface area contributed by atoms with Gasteiger partial charge >= 0.3 is 5.76 Å². The molecular weight excluding hydrogens is 333 g/mol. The Balaban J connectivity index is 2.07. The summed E-state index contributed by atoms with van der Waals surface area (Å²) >= 11 is 0. The van der Waals surface area contributed by atoms with Crippen molar-refractivity contribution >= 4 is 12.5 Å². The molecule has 126 valence electrons. The molecule has 0 saturated heterocycles. The van der Waals surface area contributed by atoms with E-state index in [0.29, 0.717) is 13.1 Å². The van der Waals surface area contributed by atoms with Gasteiger partial charge in [-0.1, -0.05) is 5.16 Å². The fourth-order valence-electron chi connectivity index (χ4n) is 2.07. The standard InChI is InChI=1S/C14H10FN7O3/c1-17-4-5-18-12-11(19-25-20-12)13-21-24-14(23)22(13)9-2-3-10(15)8(6-9)7-16/h2-3,6H,1,4-5H2,(H,18,20). The van der Waals surface area contributed by atoms with E-state index in [1.54, 1.807) is 6.07 Å². The van der Waals surface area contributed by atoms with Crippen LogP contribution in [-0.2, 0) is 0 Å². The number of hydrogen-bond donors (Lipinski definition) is 1. The first kappa shape index (κ1) is 16.1. The molecule has 1 aromatic carbocycles. The summed E-state index contributed by atoms with van der Waals surface area (Å²) in [7, 11) is 0. The Labute approximate surface area is 139 Å². The number of nitrogens with one attached hydrogen (secondary N) is 1. The number of nitriles is 1. The molecule has 0 unspecified atom stereocenters. The van der Waals surface area contributed by atoms with Gasteiger partial charge in [0.25, 0.3) is 0 Å². The molecule has 3 rings (SSSR count). The number of rotatable bonds is 6. The second-order valence-electron chi connectivity index (χ2n) is 4.72. The van der Waals surface area contributed by atoms with E-state index in [1.807, 2.05) is 0 Å². The maximum absolute atomic E-state index is 13.5. The Hall–Kier alpha value is -3.81. The predicted octanol–water partition coefficient (Wildman–Crippen LogP) is 0.999. The summed E-state index contributed by atoms with van der Waals surface area (Å²) in [5.74, 6) is -1.35. The molecule has 1 N–H and O–H groups in total. The minimum atomic E-state index is -0.841. The summed E-state index contributed by atoms with van der Waals surface area (Å²) in [6, 6.07) is 5.26. The van der Waals surface area contributed by atoms with Crippen LogP contribution in [0, 0.1) is 17.1 Å². The molecule has 0 saturated carbocycles. The molecule has 3 aromatic rings. The zero-order valence-electron chi connectivity index (χ0n) is 12.6. The third-order valence-corrected chi connectivity index (χ3v) is 3.20. The number of nitrogens with zero attached hydrogens (tertiary/aromatic N) is 6. The maximum atomic E-state index is 13.5. The number of anilines is 1. The summed E-state index contributed by atoms with van der Waals surface area (Å²) in [4.78, 5) is 15.7. The van der Waals surface area contributed by atoms with Gasteiger partial charge in [-0.05, 0) is 35.2 Å². The van der Waals surface area contributed by atoms with Crippen LogP contribution in [0.4, 0.5) is 10.2 Å². The van der Waals surface area contributed by atoms with Crippen molar-refractivity contribution in [3.8, 4) is 23.3 Å². The van der Waals surface area contributed by atoms with Gasteiger partial charge in [0.05, 0.1) is 17.8 Å². The van der Waals surface area contributed by atoms with E-state index < -0.39 is 11.6 Å². The van der Waals surface area contributed by atoms with Crippen LogP contribution in [0.25, 0.3) is 17.2 Å². The fraction of sp³-hybridized carbons (Fsp3) is 0.143. The van der Waals surface area contributed by atoms with Gasteiger partial charge in [-0.15, -0.1) is 0 Å². The van der Waals surface area contributed by atoms with Crippen molar-refractivity contribution < 1.29 is 13.5 Å². The number of benzene rings is 1. The minimum Gasteiger partial charge on any atom is -0.363 e. The van der Waals surface area contributed by atoms with E-state index in [0.717, 1.165) is 10.6 Å². The molecule has 25 heavy (non-hydrogen) atoms. The highest BCUT2D eigenvalue weighted by molar-refractivity contribution is 5.66. The molecule has 0 fully saturated rings. The largest absolute Gasteiger partial charge is 0.446 e. The van der Waals surface area contributed by atoms with Gasteiger partial charge in [0.15, 0.2) is 5.69 Å². The van der Waals surface area contributed by atoms with E-state index in [-0.39, 0.29) is 28.6 Å². The lowest BCUT2D eigenvalue weighted by atomic mass is 10.2. The molecule has 2 aromatic heterocycles. The highest BCUT2D eigenvalue weighted by Gasteiger charge is 2.23. The maximum Gasteiger partial charge on any atom is 0.446 e. The number of aliphatic imine (C=N–C) groups is 1. The lowest BCUT2D eigenvalue weighted by molar-refractivity contribution is 0.309. The predicted molar refractivity (Wildman–Crippen MR) is 83.0 cm³/mol. The number of halogens is 1. The molecule has 0 radical (unpaired) electrons. The molecular formula is C14H10FN7O3. The highest BCUT2D eigenvalue weighted by Crippen LogP contribution is 2.24. The van der Waals surface area contributed by atoms with Gasteiger partial charge in [-0.25, -0.2) is 18.4 Å². The number of hydrogen-bond acceptors (Lipinski definition) is 9. The van der Waals surface area contributed by atoms with Crippen molar-refractivity contribution in [2.24, 2.45) is 4.99 Å². The first-order valence-electron chi connectivity index (χ1n) is 6.93. The van der Waals surface area contributed by atoms with E-state index in [2.05, 4.69) is 41.6 Å². The van der Waals surface area contributed by atoms with Gasteiger partial charge in [-0.3, -0.25) is 9.52 Å². The van der Waals surface area contributed by atoms with Crippen LogP contribution >= 0.6 is 0 Å². The third-order valence-electron chi connectivity index (χ3n) is 3.20. The second-order valence-corrected chi connectivity index (χ2v) is 4.72. The molecule has 2 heterocycles. The zero-order valence-corrected chi connectivity index (χ0v) is 12.6. The molecule has 0 atom stereocenters. The average molecular weight is 343 g/mol. The monoisotopic (exact) mass is 343 g/mol. The Morgan fingerprint density at radius 2 is 2.24 bits per heavy atom. The minimum absolute atomic E-state index is 0.0178. The van der Waals surface area contributed by atoms with Crippen LogP contribution in [0.3, 0.4) is 0 Å². The van der Waals surface area contributed by atoms with Crippen molar-refractivity contribution in [1.29, 1.82) is 5.26 Å². The highest BCUT2D eigenvalue weighted by atomic mass is 19.1. The summed E-state index contributed by atoms with van der Waals surface area (Å²) in [5.41, 5.74) is 0.0592. The van der Waals surface area contributed by atoms with Crippen LogP contribution < -0.4 is 11.1 Å². The van der Waals surface area contributed by atoms with Crippen LogP contribution in [0.5, 0.6) is 0 Å². The molecule has 10 nitrogen and oxygen atoms in total. The molecule has 0 spiro atoms. The molecule has 11 heteroatoms. The van der Waals surface area contributed by atoms with Crippen molar-refractivity contribution in [2.75, 3.05) is 18.4 Å². The lowest BCUT2D eigenvalue weighted by Gasteiger charge is -2.05. The summed E-state index contributed by atoms with van der Waals surface area (Å²) in [6.45, 7) is 4.18. The van der Waals surface area contributed by atoms with Crippen LogP contribution in [0.1, 0.15) is 5.56 Å². The van der Waals surface area contributed by atoms with Crippen LogP contribution in [-0.4, -0.2) is 39.8 Å². The normalized spacial score (nSPS) is 10.4. The SMILES string of the molecule is C=NCCNc1nonc1-c1noc(=O)n1-c1ccc(F)c(C#N)c1. The van der Waals surface area contributed by atoms with Gasteiger partial charge in [0.2, 0.25) is 11.6 Å². The quantitative estimate of drug-likeness (QED) is 0.517. The molecule has 0 aliphatic rings. The smallest absolute Gasteiger partial charge is 0.363 e. The molecule has 0 bridgehead atoms. The van der Waals surface area contributed by atoms with E-state index in [1.165, 1.54) is 12.1 Å². The number of aromatic nitrogens is 4. The molecule has 0 amide bonds. The molecule has 0 aliphatic carbocycles. The van der Waals surface area contributed by atoms with Gasteiger partial charge in [0.1, 0.15) is 11.9 Å². The zero-order chi connectivity index (χ0) is 17.8. The summed E-state index contributed by atoms with van der Waals surface area (Å²) in [6.07, 6.45) is 0. The Morgan fingerprint density at radius 3 is 3.00 bits per heavy atom.